The molecule has 2 heterocycles. The van der Waals surface area contributed by atoms with E-state index in [1.807, 2.05) is 30.3 Å². The summed E-state index contributed by atoms with van der Waals surface area (Å²) >= 11 is 5.95. The van der Waals surface area contributed by atoms with E-state index in [-0.39, 0.29) is 0 Å². The average molecular weight is 332 g/mol. The smallest absolute Gasteiger partial charge is 0.161 e. The van der Waals surface area contributed by atoms with Gasteiger partial charge in [0, 0.05) is 49.7 Å². The highest BCUT2D eigenvalue weighted by molar-refractivity contribution is 6.30. The lowest BCUT2D eigenvalue weighted by Gasteiger charge is -2.27. The lowest BCUT2D eigenvalue weighted by molar-refractivity contribution is -0.119. The van der Waals surface area contributed by atoms with Gasteiger partial charge in [-0.05, 0) is 24.3 Å². The number of aromatic nitrogens is 2. The van der Waals surface area contributed by atoms with Crippen molar-refractivity contribution in [2.45, 2.75) is 19.4 Å². The summed E-state index contributed by atoms with van der Waals surface area (Å²) in [5.41, 5.74) is 1.72. The average Bonchev–Trinajstić information content (AvgIpc) is 2.56. The molecule has 0 radical (unpaired) electrons. The van der Waals surface area contributed by atoms with E-state index in [0.717, 1.165) is 17.1 Å². The molecule has 0 atom stereocenters. The summed E-state index contributed by atoms with van der Waals surface area (Å²) in [6, 6.07) is 9.37. The number of carbonyl (C=O) groups is 1. The highest BCUT2D eigenvalue weighted by Gasteiger charge is 2.19. The molecule has 0 N–H and O–H groups in total. The van der Waals surface area contributed by atoms with Crippen LogP contribution in [0.4, 0.5) is 5.82 Å². The first-order chi connectivity index (χ1) is 11.2. The van der Waals surface area contributed by atoms with Gasteiger partial charge in [-0.2, -0.15) is 0 Å². The molecule has 0 amide bonds. The third-order valence-electron chi connectivity index (χ3n) is 3.81. The van der Waals surface area contributed by atoms with Gasteiger partial charge < -0.3 is 9.64 Å². The number of rotatable bonds is 4. The standard InChI is InChI=1S/C17H18ClN3O2/c1-23-11-14-10-16(21-8-6-15(22)7-9-21)20-17(19-14)12-2-4-13(18)5-3-12/h2-5,10H,6-9,11H2,1H3. The number of methoxy groups -OCH3 is 1. The van der Waals surface area contributed by atoms with Gasteiger partial charge in [-0.25, -0.2) is 9.97 Å². The van der Waals surface area contributed by atoms with Crippen molar-refractivity contribution in [3.63, 3.8) is 0 Å². The molecular weight excluding hydrogens is 314 g/mol. The van der Waals surface area contributed by atoms with Crippen LogP contribution in [-0.2, 0) is 16.1 Å². The van der Waals surface area contributed by atoms with Crippen molar-refractivity contribution in [3.05, 3.63) is 41.0 Å². The minimum Gasteiger partial charge on any atom is -0.378 e. The second kappa shape index (κ2) is 7.06. The lowest BCUT2D eigenvalue weighted by Crippen LogP contribution is -2.34. The fourth-order valence-corrected chi connectivity index (χ4v) is 2.71. The molecule has 3 rings (SSSR count). The molecule has 0 spiro atoms. The van der Waals surface area contributed by atoms with Crippen LogP contribution < -0.4 is 4.90 Å². The Morgan fingerprint density at radius 1 is 1.17 bits per heavy atom. The molecule has 1 aliphatic heterocycles. The van der Waals surface area contributed by atoms with Crippen LogP contribution in [0.15, 0.2) is 30.3 Å². The Morgan fingerprint density at radius 2 is 1.87 bits per heavy atom. The van der Waals surface area contributed by atoms with Crippen molar-refractivity contribution < 1.29 is 9.53 Å². The summed E-state index contributed by atoms with van der Waals surface area (Å²) in [5, 5.41) is 0.677. The molecular formula is C17H18ClN3O2. The number of anilines is 1. The van der Waals surface area contributed by atoms with Crippen molar-refractivity contribution in [2.75, 3.05) is 25.1 Å². The molecule has 23 heavy (non-hydrogen) atoms. The van der Waals surface area contributed by atoms with E-state index in [1.165, 1.54) is 0 Å². The minimum atomic E-state index is 0.311. The van der Waals surface area contributed by atoms with E-state index in [4.69, 9.17) is 16.3 Å². The number of Topliss-reactive ketones (excluding diaryl/α,β-unsaturated/α-hetero) is 1. The van der Waals surface area contributed by atoms with E-state index in [0.29, 0.717) is 49.2 Å². The van der Waals surface area contributed by atoms with Crippen LogP contribution in [0.2, 0.25) is 5.02 Å². The zero-order chi connectivity index (χ0) is 16.2. The summed E-state index contributed by atoms with van der Waals surface area (Å²) in [6.07, 6.45) is 1.14. The predicted octanol–water partition coefficient (Wildman–Crippen LogP) is 3.11. The van der Waals surface area contributed by atoms with E-state index in [9.17, 15) is 4.79 Å². The predicted molar refractivity (Wildman–Crippen MR) is 89.6 cm³/mol. The molecule has 5 nitrogen and oxygen atoms in total. The van der Waals surface area contributed by atoms with E-state index in [2.05, 4.69) is 14.9 Å². The third kappa shape index (κ3) is 3.86. The summed E-state index contributed by atoms with van der Waals surface area (Å²) < 4.78 is 5.21. The minimum absolute atomic E-state index is 0.311. The Hall–Kier alpha value is -1.98. The quantitative estimate of drug-likeness (QED) is 0.861. The number of ketones is 1. The fourth-order valence-electron chi connectivity index (χ4n) is 2.58. The van der Waals surface area contributed by atoms with Gasteiger partial charge in [-0.3, -0.25) is 4.79 Å². The molecule has 120 valence electrons. The normalized spacial score (nSPS) is 15.0. The SMILES string of the molecule is COCc1cc(N2CCC(=O)CC2)nc(-c2ccc(Cl)cc2)n1. The van der Waals surface area contributed by atoms with Gasteiger partial charge in [0.25, 0.3) is 0 Å². The number of hydrogen-bond acceptors (Lipinski definition) is 5. The first-order valence-corrected chi connectivity index (χ1v) is 7.93. The molecule has 1 aliphatic rings. The number of nitrogens with zero attached hydrogens (tertiary/aromatic N) is 3. The summed E-state index contributed by atoms with van der Waals surface area (Å²) in [7, 11) is 1.64. The molecule has 1 aromatic carbocycles. The van der Waals surface area contributed by atoms with Gasteiger partial charge in [0.15, 0.2) is 5.82 Å². The Balaban J connectivity index is 1.95. The van der Waals surface area contributed by atoms with Gasteiger partial charge in [0.2, 0.25) is 0 Å². The Labute approximate surface area is 140 Å². The van der Waals surface area contributed by atoms with Crippen LogP contribution in [0, 0.1) is 0 Å². The van der Waals surface area contributed by atoms with Crippen molar-refractivity contribution in [3.8, 4) is 11.4 Å². The topological polar surface area (TPSA) is 55.3 Å². The van der Waals surface area contributed by atoms with E-state index < -0.39 is 0 Å². The first kappa shape index (κ1) is 15.9. The maximum absolute atomic E-state index is 11.4. The van der Waals surface area contributed by atoms with Crippen LogP contribution in [-0.4, -0.2) is 36.0 Å². The van der Waals surface area contributed by atoms with Crippen molar-refractivity contribution >= 4 is 23.2 Å². The second-order valence-electron chi connectivity index (χ2n) is 5.51. The van der Waals surface area contributed by atoms with Crippen LogP contribution >= 0.6 is 11.6 Å². The lowest BCUT2D eigenvalue weighted by atomic mass is 10.1. The molecule has 0 bridgehead atoms. The van der Waals surface area contributed by atoms with Crippen molar-refractivity contribution in [1.29, 1.82) is 0 Å². The summed E-state index contributed by atoms with van der Waals surface area (Å²) in [5.74, 6) is 1.79. The Morgan fingerprint density at radius 3 is 2.52 bits per heavy atom. The Kier molecular flexibility index (Phi) is 4.88. The van der Waals surface area contributed by atoms with Crippen LogP contribution in [0.5, 0.6) is 0 Å². The van der Waals surface area contributed by atoms with Gasteiger partial charge in [-0.1, -0.05) is 11.6 Å². The number of carbonyl (C=O) groups excluding carboxylic acids is 1. The molecule has 0 unspecified atom stereocenters. The zero-order valence-electron chi connectivity index (χ0n) is 13.0. The van der Waals surface area contributed by atoms with E-state index in [1.54, 1.807) is 7.11 Å². The molecule has 0 aliphatic carbocycles. The van der Waals surface area contributed by atoms with Gasteiger partial charge in [0.05, 0.1) is 12.3 Å². The van der Waals surface area contributed by atoms with Crippen LogP contribution in [0.25, 0.3) is 11.4 Å². The van der Waals surface area contributed by atoms with Gasteiger partial charge in [0.1, 0.15) is 11.6 Å². The maximum Gasteiger partial charge on any atom is 0.161 e. The Bertz CT molecular complexity index is 693. The zero-order valence-corrected chi connectivity index (χ0v) is 13.7. The number of benzene rings is 1. The van der Waals surface area contributed by atoms with Gasteiger partial charge >= 0.3 is 0 Å². The molecule has 1 saturated heterocycles. The third-order valence-corrected chi connectivity index (χ3v) is 4.06. The summed E-state index contributed by atoms with van der Waals surface area (Å²) in [4.78, 5) is 22.8. The maximum atomic E-state index is 11.4. The second-order valence-corrected chi connectivity index (χ2v) is 5.94. The number of hydrogen-bond donors (Lipinski definition) is 0. The highest BCUT2D eigenvalue weighted by Crippen LogP contribution is 2.23. The summed E-state index contributed by atoms with van der Waals surface area (Å²) in [6.45, 7) is 1.81. The fraction of sp³-hybridized carbons (Fsp3) is 0.353. The first-order valence-electron chi connectivity index (χ1n) is 7.55. The molecule has 2 aromatic rings. The number of piperidine rings is 1. The monoisotopic (exact) mass is 331 g/mol. The number of ether oxygens (including phenoxy) is 1. The van der Waals surface area contributed by atoms with Crippen molar-refractivity contribution in [1.82, 2.24) is 9.97 Å². The van der Waals surface area contributed by atoms with Crippen LogP contribution in [0.1, 0.15) is 18.5 Å². The molecule has 1 fully saturated rings. The van der Waals surface area contributed by atoms with E-state index >= 15 is 0 Å². The molecule has 0 saturated carbocycles. The van der Waals surface area contributed by atoms with Crippen LogP contribution in [0.3, 0.4) is 0 Å². The molecule has 1 aromatic heterocycles. The largest absolute Gasteiger partial charge is 0.378 e. The van der Waals surface area contributed by atoms with Gasteiger partial charge in [-0.15, -0.1) is 0 Å². The van der Waals surface area contributed by atoms with Crippen molar-refractivity contribution in [2.24, 2.45) is 0 Å². The molecule has 6 heteroatoms. The number of halogens is 1. The highest BCUT2D eigenvalue weighted by atomic mass is 35.5.